The van der Waals surface area contributed by atoms with Crippen LogP contribution in [0.15, 0.2) is 14.4 Å². The van der Waals surface area contributed by atoms with Gasteiger partial charge in [0, 0.05) is 6.54 Å². The van der Waals surface area contributed by atoms with Crippen LogP contribution in [0.4, 0.5) is 0 Å². The summed E-state index contributed by atoms with van der Waals surface area (Å²) >= 11 is 6.43. The summed E-state index contributed by atoms with van der Waals surface area (Å²) in [5, 5.41) is 0. The lowest BCUT2D eigenvalue weighted by Crippen LogP contribution is -2.43. The largest absolute Gasteiger partial charge is 0.333 e. The molecule has 0 saturated carbocycles. The molecule has 8 heteroatoms. The van der Waals surface area contributed by atoms with E-state index in [1.54, 1.807) is 0 Å². The number of hydrogen-bond acceptors (Lipinski definition) is 3. The zero-order valence-electron chi connectivity index (χ0n) is 6.92. The lowest BCUT2D eigenvalue weighted by molar-refractivity contribution is 0.585. The molecule has 0 saturated heterocycles. The summed E-state index contributed by atoms with van der Waals surface area (Å²) < 4.78 is 0.949. The molecular weight excluding hydrogens is 322 g/mol. The number of hydrogen-bond donors (Lipinski definition) is 2. The summed E-state index contributed by atoms with van der Waals surface area (Å²) in [4.78, 5) is 36.9. The summed E-state index contributed by atoms with van der Waals surface area (Å²) in [7, 11) is 0. The highest BCUT2D eigenvalue weighted by molar-refractivity contribution is 9.24. The maximum absolute atomic E-state index is 11.1. The molecule has 2 N–H and O–H groups in total. The summed E-state index contributed by atoms with van der Waals surface area (Å²) in [6.07, 6.45) is 0.551. The molecule has 0 spiro atoms. The average molecular weight is 329 g/mol. The Hall–Kier alpha value is -0.630. The van der Waals surface area contributed by atoms with Gasteiger partial charge in [-0.05, 0) is 6.42 Å². The van der Waals surface area contributed by atoms with Gasteiger partial charge in [-0.3, -0.25) is 9.97 Å². The second-order valence-electron chi connectivity index (χ2n) is 2.52. The van der Waals surface area contributed by atoms with Gasteiger partial charge in [0.25, 0.3) is 0 Å². The minimum Gasteiger partial charge on any atom is -0.259 e. The molecule has 0 bridgehead atoms. The highest BCUT2D eigenvalue weighted by atomic mass is 79.9. The third-order valence-electron chi connectivity index (χ3n) is 1.50. The van der Waals surface area contributed by atoms with Crippen molar-refractivity contribution in [3.8, 4) is 0 Å². The van der Waals surface area contributed by atoms with Crippen LogP contribution in [-0.4, -0.2) is 18.3 Å². The van der Waals surface area contributed by atoms with E-state index < -0.39 is 17.1 Å². The fourth-order valence-electron chi connectivity index (χ4n) is 0.882. The van der Waals surface area contributed by atoms with Crippen LogP contribution in [0.2, 0.25) is 0 Å². The van der Waals surface area contributed by atoms with Crippen molar-refractivity contribution in [2.75, 3.05) is 0 Å². The van der Waals surface area contributed by atoms with E-state index in [4.69, 9.17) is 0 Å². The molecule has 0 fully saturated rings. The van der Waals surface area contributed by atoms with E-state index in [1.165, 1.54) is 0 Å². The van der Waals surface area contributed by atoms with Crippen molar-refractivity contribution in [2.24, 2.45) is 0 Å². The van der Waals surface area contributed by atoms with Crippen LogP contribution in [0.5, 0.6) is 0 Å². The van der Waals surface area contributed by atoms with Gasteiger partial charge in [-0.15, -0.1) is 0 Å². The maximum Gasteiger partial charge on any atom is 0.333 e. The molecule has 0 aromatic carbocycles. The molecule has 1 rings (SSSR count). The Balaban J connectivity index is 3.04. The van der Waals surface area contributed by atoms with E-state index in [9.17, 15) is 14.4 Å². The van der Waals surface area contributed by atoms with Crippen molar-refractivity contribution >= 4 is 31.9 Å². The normalized spacial score (nSPS) is 10.8. The third kappa shape index (κ3) is 2.95. The van der Waals surface area contributed by atoms with Gasteiger partial charge in [0.2, 0.25) is 0 Å². The van der Waals surface area contributed by atoms with Crippen molar-refractivity contribution in [3.63, 3.8) is 0 Å². The van der Waals surface area contributed by atoms with Gasteiger partial charge in [0.1, 0.15) is 0 Å². The fourth-order valence-corrected chi connectivity index (χ4v) is 1.29. The SMILES string of the molecule is O=c1[nH]c(=O)n(CCC(Br)Br)c(=O)[nH]1. The molecule has 1 aromatic rings. The standard InChI is InChI=1S/C6H7Br2N3O3/c7-3(8)1-2-11-5(13)9-4(12)10-6(11)14/h3H,1-2H2,(H2,9,10,12,13,14). The van der Waals surface area contributed by atoms with Crippen LogP contribution in [0, 0.1) is 0 Å². The topological polar surface area (TPSA) is 87.7 Å². The average Bonchev–Trinajstić information content (AvgIpc) is 2.01. The molecule has 0 aliphatic heterocycles. The van der Waals surface area contributed by atoms with Crippen molar-refractivity contribution < 1.29 is 0 Å². The Morgan fingerprint density at radius 3 is 2.07 bits per heavy atom. The minimum absolute atomic E-state index is 0.0215. The Morgan fingerprint density at radius 2 is 1.64 bits per heavy atom. The molecule has 1 aromatic heterocycles. The molecule has 0 aliphatic rings. The quantitative estimate of drug-likeness (QED) is 0.749. The summed E-state index contributed by atoms with van der Waals surface area (Å²) in [6, 6.07) is 0. The summed E-state index contributed by atoms with van der Waals surface area (Å²) in [5.74, 6) is 0. The van der Waals surface area contributed by atoms with Gasteiger partial charge in [-0.1, -0.05) is 31.9 Å². The summed E-state index contributed by atoms with van der Waals surface area (Å²) in [6.45, 7) is 0.228. The molecule has 6 nitrogen and oxygen atoms in total. The van der Waals surface area contributed by atoms with Gasteiger partial charge in [0.15, 0.2) is 0 Å². The smallest absolute Gasteiger partial charge is 0.259 e. The van der Waals surface area contributed by atoms with Crippen molar-refractivity contribution in [1.29, 1.82) is 0 Å². The zero-order chi connectivity index (χ0) is 10.7. The van der Waals surface area contributed by atoms with E-state index in [2.05, 4.69) is 31.9 Å². The Labute approximate surface area is 94.6 Å². The Kier molecular flexibility index (Phi) is 3.87. The second kappa shape index (κ2) is 4.74. The number of halogens is 2. The molecule has 14 heavy (non-hydrogen) atoms. The lowest BCUT2D eigenvalue weighted by Gasteiger charge is -2.02. The number of nitrogens with one attached hydrogen (secondary N) is 2. The van der Waals surface area contributed by atoms with E-state index in [-0.39, 0.29) is 10.3 Å². The first-order chi connectivity index (χ1) is 6.50. The maximum atomic E-state index is 11.1. The number of H-pyrrole nitrogens is 2. The van der Waals surface area contributed by atoms with Crippen LogP contribution in [0.25, 0.3) is 0 Å². The van der Waals surface area contributed by atoms with Gasteiger partial charge >= 0.3 is 17.1 Å². The van der Waals surface area contributed by atoms with E-state index in [1.807, 2.05) is 9.97 Å². The summed E-state index contributed by atoms with van der Waals surface area (Å²) in [5.41, 5.74) is -2.18. The Morgan fingerprint density at radius 1 is 1.14 bits per heavy atom. The number of rotatable bonds is 3. The number of aromatic nitrogens is 3. The molecule has 0 radical (unpaired) electrons. The molecule has 0 aliphatic carbocycles. The first kappa shape index (κ1) is 11.4. The van der Waals surface area contributed by atoms with Crippen LogP contribution in [-0.2, 0) is 6.54 Å². The van der Waals surface area contributed by atoms with Crippen molar-refractivity contribution in [2.45, 2.75) is 16.7 Å². The van der Waals surface area contributed by atoms with E-state index in [0.717, 1.165) is 4.57 Å². The molecule has 0 amide bonds. The first-order valence-corrected chi connectivity index (χ1v) is 5.55. The van der Waals surface area contributed by atoms with Crippen LogP contribution >= 0.6 is 31.9 Å². The first-order valence-electron chi connectivity index (χ1n) is 3.72. The van der Waals surface area contributed by atoms with Gasteiger partial charge in [-0.2, -0.15) is 0 Å². The Bertz CT molecular complexity index is 438. The third-order valence-corrected chi connectivity index (χ3v) is 2.42. The number of nitrogens with zero attached hydrogens (tertiary/aromatic N) is 1. The van der Waals surface area contributed by atoms with E-state index in [0.29, 0.717) is 6.42 Å². The van der Waals surface area contributed by atoms with Gasteiger partial charge < -0.3 is 0 Å². The highest BCUT2D eigenvalue weighted by Crippen LogP contribution is 2.12. The molecule has 78 valence electrons. The number of alkyl halides is 2. The predicted molar refractivity (Wildman–Crippen MR) is 58.2 cm³/mol. The fraction of sp³-hybridized carbons (Fsp3) is 0.500. The predicted octanol–water partition coefficient (Wildman–Crippen LogP) is -0.269. The van der Waals surface area contributed by atoms with Gasteiger partial charge in [0.05, 0.1) is 3.74 Å². The zero-order valence-corrected chi connectivity index (χ0v) is 10.1. The second-order valence-corrected chi connectivity index (χ2v) is 5.96. The van der Waals surface area contributed by atoms with E-state index >= 15 is 0 Å². The minimum atomic E-state index is -0.787. The molecule has 0 atom stereocenters. The molecule has 0 unspecified atom stereocenters. The van der Waals surface area contributed by atoms with Gasteiger partial charge in [-0.25, -0.2) is 19.0 Å². The van der Waals surface area contributed by atoms with Crippen LogP contribution in [0.1, 0.15) is 6.42 Å². The lowest BCUT2D eigenvalue weighted by atomic mass is 10.5. The van der Waals surface area contributed by atoms with Crippen LogP contribution in [0.3, 0.4) is 0 Å². The number of aromatic amines is 2. The van der Waals surface area contributed by atoms with Crippen molar-refractivity contribution in [1.82, 2.24) is 14.5 Å². The van der Waals surface area contributed by atoms with Crippen LogP contribution < -0.4 is 17.1 Å². The molecular formula is C6H7Br2N3O3. The highest BCUT2D eigenvalue weighted by Gasteiger charge is 2.04. The van der Waals surface area contributed by atoms with Crippen molar-refractivity contribution in [3.05, 3.63) is 31.5 Å². The molecule has 1 heterocycles. The monoisotopic (exact) mass is 327 g/mol.